The lowest BCUT2D eigenvalue weighted by Gasteiger charge is -2.17. The Bertz CT molecular complexity index is 550. The molecule has 0 aliphatic rings. The number of hydrazine groups is 1. The molecule has 0 saturated carbocycles. The average Bonchev–Trinajstić information content (AvgIpc) is 2.83. The van der Waals surface area contributed by atoms with Crippen LogP contribution in [0.2, 0.25) is 0 Å². The van der Waals surface area contributed by atoms with Crippen LogP contribution in [-0.2, 0) is 0 Å². The molecular formula is C12H14F2N4S. The van der Waals surface area contributed by atoms with Crippen molar-refractivity contribution in [2.45, 2.75) is 25.8 Å². The van der Waals surface area contributed by atoms with Gasteiger partial charge in [0.1, 0.15) is 11.6 Å². The summed E-state index contributed by atoms with van der Waals surface area (Å²) in [6.07, 6.45) is 0. The van der Waals surface area contributed by atoms with Crippen LogP contribution in [0.4, 0.5) is 8.78 Å². The molecular weight excluding hydrogens is 270 g/mol. The monoisotopic (exact) mass is 284 g/mol. The second-order valence-corrected chi connectivity index (χ2v) is 5.20. The zero-order valence-electron chi connectivity index (χ0n) is 10.5. The molecule has 1 atom stereocenters. The average molecular weight is 284 g/mol. The first-order valence-electron chi connectivity index (χ1n) is 5.78. The minimum absolute atomic E-state index is 0.0967. The second-order valence-electron chi connectivity index (χ2n) is 4.41. The Hall–Kier alpha value is -1.44. The Labute approximate surface area is 113 Å². The third-order valence-corrected chi connectivity index (χ3v) is 3.61. The largest absolute Gasteiger partial charge is 0.271 e. The Morgan fingerprint density at radius 1 is 1.26 bits per heavy atom. The SMILES string of the molecule is CC(C)c1nnsc1C(NN)c1c(F)cccc1F. The van der Waals surface area contributed by atoms with Crippen LogP contribution in [0.3, 0.4) is 0 Å². The summed E-state index contributed by atoms with van der Waals surface area (Å²) >= 11 is 1.09. The molecule has 0 aliphatic heterocycles. The molecule has 2 aromatic rings. The van der Waals surface area contributed by atoms with E-state index in [4.69, 9.17) is 5.84 Å². The van der Waals surface area contributed by atoms with Gasteiger partial charge in [-0.1, -0.05) is 24.4 Å². The fourth-order valence-electron chi connectivity index (χ4n) is 1.88. The van der Waals surface area contributed by atoms with E-state index in [2.05, 4.69) is 15.0 Å². The van der Waals surface area contributed by atoms with Crippen molar-refractivity contribution in [3.05, 3.63) is 46.0 Å². The predicted molar refractivity (Wildman–Crippen MR) is 69.5 cm³/mol. The number of benzene rings is 1. The highest BCUT2D eigenvalue weighted by Crippen LogP contribution is 2.32. The molecule has 0 saturated heterocycles. The fourth-order valence-corrected chi connectivity index (χ4v) is 2.76. The fraction of sp³-hybridized carbons (Fsp3) is 0.333. The summed E-state index contributed by atoms with van der Waals surface area (Å²) in [6, 6.07) is 2.92. The Morgan fingerprint density at radius 2 is 1.89 bits per heavy atom. The summed E-state index contributed by atoms with van der Waals surface area (Å²) < 4.78 is 31.5. The van der Waals surface area contributed by atoms with Gasteiger partial charge >= 0.3 is 0 Å². The summed E-state index contributed by atoms with van der Waals surface area (Å²) in [6.45, 7) is 3.87. The van der Waals surface area contributed by atoms with Gasteiger partial charge in [0, 0.05) is 5.56 Å². The molecule has 1 heterocycles. The first-order chi connectivity index (χ1) is 9.06. The van der Waals surface area contributed by atoms with Gasteiger partial charge in [0.2, 0.25) is 0 Å². The number of nitrogens with one attached hydrogen (secondary N) is 1. The topological polar surface area (TPSA) is 63.8 Å². The normalized spacial score (nSPS) is 12.9. The first kappa shape index (κ1) is 14.0. The van der Waals surface area contributed by atoms with E-state index in [1.165, 1.54) is 18.2 Å². The maximum absolute atomic E-state index is 13.8. The Balaban J connectivity index is 2.54. The number of halogens is 2. The molecule has 1 aromatic heterocycles. The Kier molecular flexibility index (Phi) is 4.18. The summed E-state index contributed by atoms with van der Waals surface area (Å²) in [5.41, 5.74) is 3.03. The van der Waals surface area contributed by atoms with Crippen LogP contribution in [0.1, 0.15) is 41.9 Å². The van der Waals surface area contributed by atoms with E-state index in [1.807, 2.05) is 13.8 Å². The molecule has 102 valence electrons. The van der Waals surface area contributed by atoms with Gasteiger partial charge in [-0.25, -0.2) is 14.2 Å². The van der Waals surface area contributed by atoms with Crippen LogP contribution in [0.15, 0.2) is 18.2 Å². The first-order valence-corrected chi connectivity index (χ1v) is 6.55. The summed E-state index contributed by atoms with van der Waals surface area (Å²) in [5.74, 6) is 4.27. The minimum Gasteiger partial charge on any atom is -0.271 e. The molecule has 0 amide bonds. The number of nitrogens with zero attached hydrogens (tertiary/aromatic N) is 2. The third kappa shape index (κ3) is 2.63. The van der Waals surface area contributed by atoms with Crippen molar-refractivity contribution in [3.8, 4) is 0 Å². The molecule has 3 N–H and O–H groups in total. The molecule has 0 bridgehead atoms. The van der Waals surface area contributed by atoms with Crippen LogP contribution in [0, 0.1) is 11.6 Å². The highest BCUT2D eigenvalue weighted by molar-refractivity contribution is 7.05. The molecule has 1 aromatic carbocycles. The lowest BCUT2D eigenvalue weighted by Crippen LogP contribution is -2.30. The van der Waals surface area contributed by atoms with Crippen LogP contribution in [0.5, 0.6) is 0 Å². The van der Waals surface area contributed by atoms with Gasteiger partial charge in [-0.15, -0.1) is 5.10 Å². The van der Waals surface area contributed by atoms with Crippen molar-refractivity contribution >= 4 is 11.5 Å². The lowest BCUT2D eigenvalue weighted by molar-refractivity contribution is 0.511. The quantitative estimate of drug-likeness (QED) is 0.669. The zero-order valence-corrected chi connectivity index (χ0v) is 11.3. The smallest absolute Gasteiger partial charge is 0.131 e. The van der Waals surface area contributed by atoms with Gasteiger partial charge in [0.15, 0.2) is 0 Å². The molecule has 0 spiro atoms. The van der Waals surface area contributed by atoms with Gasteiger partial charge < -0.3 is 0 Å². The van der Waals surface area contributed by atoms with E-state index in [9.17, 15) is 8.78 Å². The van der Waals surface area contributed by atoms with Crippen molar-refractivity contribution in [1.29, 1.82) is 0 Å². The number of aromatic nitrogens is 2. The van der Waals surface area contributed by atoms with Crippen molar-refractivity contribution in [2.75, 3.05) is 0 Å². The number of hydrogen-bond acceptors (Lipinski definition) is 5. The van der Waals surface area contributed by atoms with E-state index in [0.29, 0.717) is 10.6 Å². The van der Waals surface area contributed by atoms with Crippen molar-refractivity contribution < 1.29 is 8.78 Å². The summed E-state index contributed by atoms with van der Waals surface area (Å²) in [7, 11) is 0. The molecule has 1 unspecified atom stereocenters. The highest BCUT2D eigenvalue weighted by atomic mass is 32.1. The van der Waals surface area contributed by atoms with E-state index < -0.39 is 17.7 Å². The number of hydrogen-bond donors (Lipinski definition) is 2. The molecule has 19 heavy (non-hydrogen) atoms. The van der Waals surface area contributed by atoms with Crippen molar-refractivity contribution in [2.24, 2.45) is 5.84 Å². The van der Waals surface area contributed by atoms with E-state index in [0.717, 1.165) is 11.5 Å². The van der Waals surface area contributed by atoms with Gasteiger partial charge in [0.05, 0.1) is 16.6 Å². The molecule has 2 rings (SSSR count). The molecule has 0 radical (unpaired) electrons. The minimum atomic E-state index is -0.793. The van der Waals surface area contributed by atoms with Crippen LogP contribution in [0.25, 0.3) is 0 Å². The number of rotatable bonds is 4. The lowest BCUT2D eigenvalue weighted by atomic mass is 10.00. The van der Waals surface area contributed by atoms with E-state index >= 15 is 0 Å². The summed E-state index contributed by atoms with van der Waals surface area (Å²) in [4.78, 5) is 0.626. The highest BCUT2D eigenvalue weighted by Gasteiger charge is 2.26. The maximum Gasteiger partial charge on any atom is 0.131 e. The van der Waals surface area contributed by atoms with Gasteiger partial charge in [-0.3, -0.25) is 5.84 Å². The molecule has 4 nitrogen and oxygen atoms in total. The zero-order chi connectivity index (χ0) is 14.0. The number of nitrogens with two attached hydrogens (primary N) is 1. The molecule has 0 aliphatic carbocycles. The van der Waals surface area contributed by atoms with Crippen molar-refractivity contribution in [3.63, 3.8) is 0 Å². The molecule has 0 fully saturated rings. The van der Waals surface area contributed by atoms with E-state index in [-0.39, 0.29) is 11.5 Å². The standard InChI is InChI=1S/C12H14F2N4S/c1-6(2)10-12(19-18-17-10)11(16-15)9-7(13)4-3-5-8(9)14/h3-6,11,16H,15H2,1-2H3. The van der Waals surface area contributed by atoms with Gasteiger partial charge in [-0.2, -0.15) is 0 Å². The van der Waals surface area contributed by atoms with E-state index in [1.54, 1.807) is 0 Å². The molecule has 7 heteroatoms. The van der Waals surface area contributed by atoms with Crippen LogP contribution in [-0.4, -0.2) is 9.59 Å². The summed E-state index contributed by atoms with van der Waals surface area (Å²) in [5, 5.41) is 4.00. The Morgan fingerprint density at radius 3 is 2.42 bits per heavy atom. The van der Waals surface area contributed by atoms with Crippen LogP contribution >= 0.6 is 11.5 Å². The third-order valence-electron chi connectivity index (χ3n) is 2.80. The maximum atomic E-state index is 13.8. The van der Waals surface area contributed by atoms with Crippen LogP contribution < -0.4 is 11.3 Å². The predicted octanol–water partition coefficient (Wildman–Crippen LogP) is 2.49. The van der Waals surface area contributed by atoms with Crippen molar-refractivity contribution in [1.82, 2.24) is 15.0 Å². The van der Waals surface area contributed by atoms with Gasteiger partial charge in [-0.05, 0) is 29.6 Å². The second kappa shape index (κ2) is 5.68. The van der Waals surface area contributed by atoms with Gasteiger partial charge in [0.25, 0.3) is 0 Å².